The lowest BCUT2D eigenvalue weighted by Crippen LogP contribution is -1.76. The van der Waals surface area contributed by atoms with E-state index >= 15 is 0 Å². The summed E-state index contributed by atoms with van der Waals surface area (Å²) in [6.07, 6.45) is 2.62. The van der Waals surface area contributed by atoms with Crippen LogP contribution < -0.4 is 0 Å². The molecule has 18 heavy (non-hydrogen) atoms. The number of ether oxygens (including phenoxy) is 1. The highest BCUT2D eigenvalue weighted by Crippen LogP contribution is 2.27. The summed E-state index contributed by atoms with van der Waals surface area (Å²) in [5, 5.41) is 9.56. The highest BCUT2D eigenvalue weighted by atomic mass is 16.5. The number of phenolic OH excluding ortho intramolecular Hbond substituents is 1. The summed E-state index contributed by atoms with van der Waals surface area (Å²) in [5.74, 6) is 0.328. The topological polar surface area (TPSA) is 29.5 Å². The second-order valence-electron chi connectivity index (χ2n) is 3.35. The first-order valence-corrected chi connectivity index (χ1v) is 5.50. The van der Waals surface area contributed by atoms with Crippen molar-refractivity contribution in [3.63, 3.8) is 0 Å². The Kier molecular flexibility index (Phi) is 5.84. The molecular weight excluding hydrogens is 224 g/mol. The van der Waals surface area contributed by atoms with Gasteiger partial charge >= 0.3 is 0 Å². The number of phenols is 1. The number of hydrogen-bond acceptors (Lipinski definition) is 2. The molecule has 0 unspecified atom stereocenters. The summed E-state index contributed by atoms with van der Waals surface area (Å²) >= 11 is 0. The fraction of sp³-hybridized carbons (Fsp3) is 0. The summed E-state index contributed by atoms with van der Waals surface area (Å²) in [4.78, 5) is 0. The van der Waals surface area contributed by atoms with E-state index in [9.17, 15) is 5.11 Å². The molecule has 0 fully saturated rings. The van der Waals surface area contributed by atoms with Crippen molar-refractivity contribution in [1.29, 1.82) is 0 Å². The lowest BCUT2D eigenvalue weighted by atomic mass is 10.1. The molecule has 2 rings (SSSR count). The van der Waals surface area contributed by atoms with Crippen molar-refractivity contribution < 1.29 is 9.84 Å². The minimum Gasteiger partial charge on any atom is -0.507 e. The molecule has 0 radical (unpaired) electrons. The molecule has 0 aliphatic carbocycles. The third-order valence-electron chi connectivity index (χ3n) is 2.18. The van der Waals surface area contributed by atoms with Gasteiger partial charge in [-0.25, -0.2) is 0 Å². The normalized spacial score (nSPS) is 8.67. The smallest absolute Gasteiger partial charge is 0.123 e. The van der Waals surface area contributed by atoms with Gasteiger partial charge < -0.3 is 9.84 Å². The average molecular weight is 240 g/mol. The van der Waals surface area contributed by atoms with E-state index in [1.54, 1.807) is 6.07 Å². The van der Waals surface area contributed by atoms with Crippen molar-refractivity contribution >= 4 is 0 Å². The number of para-hydroxylation sites is 1. The van der Waals surface area contributed by atoms with Gasteiger partial charge in [0.25, 0.3) is 0 Å². The van der Waals surface area contributed by atoms with Crippen LogP contribution >= 0.6 is 0 Å². The summed E-state index contributed by atoms with van der Waals surface area (Å²) in [5.41, 5.74) is 1.92. The molecule has 2 aromatic carbocycles. The summed E-state index contributed by atoms with van der Waals surface area (Å²) in [7, 11) is 0. The first-order valence-electron chi connectivity index (χ1n) is 5.50. The van der Waals surface area contributed by atoms with Gasteiger partial charge in [0.05, 0.1) is 12.5 Å². The van der Waals surface area contributed by atoms with Crippen LogP contribution in [0, 0.1) is 0 Å². The van der Waals surface area contributed by atoms with Gasteiger partial charge in [-0.2, -0.15) is 0 Å². The van der Waals surface area contributed by atoms with E-state index in [2.05, 4.69) is 17.9 Å². The Morgan fingerprint density at radius 1 is 0.833 bits per heavy atom. The van der Waals surface area contributed by atoms with Gasteiger partial charge in [0, 0.05) is 5.56 Å². The molecule has 0 saturated carbocycles. The maximum absolute atomic E-state index is 9.56. The van der Waals surface area contributed by atoms with E-state index in [4.69, 9.17) is 0 Å². The third kappa shape index (κ3) is 4.18. The van der Waals surface area contributed by atoms with E-state index in [-0.39, 0.29) is 0 Å². The highest BCUT2D eigenvalue weighted by Gasteiger charge is 2.00. The van der Waals surface area contributed by atoms with Gasteiger partial charge in [-0.3, -0.25) is 0 Å². The van der Waals surface area contributed by atoms with Gasteiger partial charge in [0.2, 0.25) is 0 Å². The van der Waals surface area contributed by atoms with E-state index in [0.29, 0.717) is 5.75 Å². The number of rotatable bonds is 3. The maximum atomic E-state index is 9.56. The van der Waals surface area contributed by atoms with Crippen molar-refractivity contribution in [3.05, 3.63) is 80.3 Å². The van der Waals surface area contributed by atoms with E-state index in [1.165, 1.54) is 12.5 Å². The fourth-order valence-corrected chi connectivity index (χ4v) is 1.40. The molecule has 0 aliphatic heterocycles. The Morgan fingerprint density at radius 2 is 1.39 bits per heavy atom. The quantitative estimate of drug-likeness (QED) is 0.808. The first kappa shape index (κ1) is 13.6. The predicted molar refractivity (Wildman–Crippen MR) is 75.0 cm³/mol. The molecule has 0 bridgehead atoms. The summed E-state index contributed by atoms with van der Waals surface area (Å²) in [6.45, 7) is 6.51. The Labute approximate surface area is 107 Å². The highest BCUT2D eigenvalue weighted by molar-refractivity contribution is 5.69. The molecule has 0 spiro atoms. The van der Waals surface area contributed by atoms with Crippen molar-refractivity contribution in [1.82, 2.24) is 0 Å². The molecule has 2 nitrogen and oxygen atoms in total. The van der Waals surface area contributed by atoms with Crippen molar-refractivity contribution in [2.45, 2.75) is 0 Å². The molecule has 0 atom stereocenters. The monoisotopic (exact) mass is 240 g/mol. The van der Waals surface area contributed by atoms with Gasteiger partial charge in [-0.05, 0) is 11.6 Å². The minimum absolute atomic E-state index is 0.328. The molecule has 0 aliphatic rings. The van der Waals surface area contributed by atoms with Crippen LogP contribution in [0.2, 0.25) is 0 Å². The molecular formula is C16H16O2. The van der Waals surface area contributed by atoms with Crippen molar-refractivity contribution in [2.75, 3.05) is 0 Å². The molecule has 0 amide bonds. The largest absolute Gasteiger partial charge is 0.507 e. The number of aromatic hydroxyl groups is 1. The van der Waals surface area contributed by atoms with Crippen LogP contribution in [0.1, 0.15) is 0 Å². The zero-order valence-corrected chi connectivity index (χ0v) is 10.1. The molecule has 0 heterocycles. The Morgan fingerprint density at radius 3 is 1.89 bits per heavy atom. The Hall–Kier alpha value is -2.48. The molecule has 2 heteroatoms. The Bertz CT molecular complexity index is 483. The maximum Gasteiger partial charge on any atom is 0.123 e. The first-order chi connectivity index (χ1) is 8.79. The molecule has 92 valence electrons. The van der Waals surface area contributed by atoms with Crippen LogP contribution in [0.5, 0.6) is 5.75 Å². The molecule has 0 saturated heterocycles. The van der Waals surface area contributed by atoms with E-state index in [1.807, 2.05) is 48.5 Å². The number of benzene rings is 2. The lowest BCUT2D eigenvalue weighted by Gasteiger charge is -2.02. The van der Waals surface area contributed by atoms with Crippen LogP contribution in [0.15, 0.2) is 80.3 Å². The SMILES string of the molecule is C=COC=C.Oc1ccccc1-c1ccccc1. The second-order valence-corrected chi connectivity index (χ2v) is 3.35. The van der Waals surface area contributed by atoms with Crippen LogP contribution in [0.4, 0.5) is 0 Å². The van der Waals surface area contributed by atoms with Crippen LogP contribution in [-0.4, -0.2) is 5.11 Å². The Balaban J connectivity index is 0.000000280. The molecule has 0 aromatic heterocycles. The zero-order chi connectivity index (χ0) is 13.2. The predicted octanol–water partition coefficient (Wildman–Crippen LogP) is 4.35. The van der Waals surface area contributed by atoms with Crippen LogP contribution in [0.3, 0.4) is 0 Å². The van der Waals surface area contributed by atoms with Crippen LogP contribution in [0.25, 0.3) is 11.1 Å². The van der Waals surface area contributed by atoms with Gasteiger partial charge in [0.15, 0.2) is 0 Å². The lowest BCUT2D eigenvalue weighted by molar-refractivity contribution is 0.406. The molecule has 2 aromatic rings. The zero-order valence-electron chi connectivity index (χ0n) is 10.1. The van der Waals surface area contributed by atoms with Crippen molar-refractivity contribution in [3.8, 4) is 16.9 Å². The standard InChI is InChI=1S/C12H10O.C4H6O/c13-12-9-5-4-8-11(12)10-6-2-1-3-7-10;1-3-5-4-2/h1-9,13H;3-4H,1-2H2. The van der Waals surface area contributed by atoms with E-state index < -0.39 is 0 Å². The summed E-state index contributed by atoms with van der Waals surface area (Å²) < 4.78 is 4.36. The minimum atomic E-state index is 0.328. The second kappa shape index (κ2) is 7.74. The van der Waals surface area contributed by atoms with E-state index in [0.717, 1.165) is 11.1 Å². The average Bonchev–Trinajstić information content (AvgIpc) is 2.42. The van der Waals surface area contributed by atoms with Gasteiger partial charge in [-0.15, -0.1) is 0 Å². The third-order valence-corrected chi connectivity index (χ3v) is 2.18. The van der Waals surface area contributed by atoms with Gasteiger partial charge in [-0.1, -0.05) is 61.7 Å². The van der Waals surface area contributed by atoms with Gasteiger partial charge in [0.1, 0.15) is 5.75 Å². The fourth-order valence-electron chi connectivity index (χ4n) is 1.40. The van der Waals surface area contributed by atoms with Crippen LogP contribution in [-0.2, 0) is 4.74 Å². The number of hydrogen-bond donors (Lipinski definition) is 1. The summed E-state index contributed by atoms with van der Waals surface area (Å²) in [6, 6.07) is 17.2. The molecule has 1 N–H and O–H groups in total. The van der Waals surface area contributed by atoms with Crippen molar-refractivity contribution in [2.24, 2.45) is 0 Å².